The standard InChI is InChI=1S/C25H28O4/c1-4-28-17-7-10-23(20-11-14-21(27-3)15-12-20)25-22-9-6-5-8-19(22)13-16-24(25)29-18-26-2/h5-6,8-16H,4,7,17-18H2,1-3H3/b23-10-. The summed E-state index contributed by atoms with van der Waals surface area (Å²) in [7, 11) is 3.30. The highest BCUT2D eigenvalue weighted by Crippen LogP contribution is 2.38. The Kier molecular flexibility index (Phi) is 7.68. The normalized spacial score (nSPS) is 11.6. The van der Waals surface area contributed by atoms with E-state index in [1.54, 1.807) is 14.2 Å². The second-order valence-corrected chi connectivity index (χ2v) is 6.54. The summed E-state index contributed by atoms with van der Waals surface area (Å²) in [6, 6.07) is 20.5. The zero-order valence-electron chi connectivity index (χ0n) is 17.3. The van der Waals surface area contributed by atoms with Gasteiger partial charge in [0.2, 0.25) is 0 Å². The monoisotopic (exact) mass is 392 g/mol. The van der Waals surface area contributed by atoms with Crippen molar-refractivity contribution in [1.29, 1.82) is 0 Å². The van der Waals surface area contributed by atoms with E-state index >= 15 is 0 Å². The van der Waals surface area contributed by atoms with Gasteiger partial charge in [-0.1, -0.05) is 48.5 Å². The van der Waals surface area contributed by atoms with Gasteiger partial charge in [0, 0.05) is 19.3 Å². The Morgan fingerprint density at radius 1 is 0.931 bits per heavy atom. The van der Waals surface area contributed by atoms with Crippen LogP contribution in [0.1, 0.15) is 24.5 Å². The van der Waals surface area contributed by atoms with Gasteiger partial charge >= 0.3 is 0 Å². The lowest BCUT2D eigenvalue weighted by Crippen LogP contribution is -2.03. The van der Waals surface area contributed by atoms with Crippen LogP contribution in [-0.4, -0.2) is 34.2 Å². The fraction of sp³-hybridized carbons (Fsp3) is 0.280. The topological polar surface area (TPSA) is 36.9 Å². The third-order valence-electron chi connectivity index (χ3n) is 4.71. The second-order valence-electron chi connectivity index (χ2n) is 6.54. The predicted octanol–water partition coefficient (Wildman–Crippen LogP) is 5.69. The molecule has 0 fully saturated rings. The summed E-state index contributed by atoms with van der Waals surface area (Å²) in [6.07, 6.45) is 3.03. The second kappa shape index (κ2) is 10.6. The average Bonchev–Trinajstić information content (AvgIpc) is 2.78. The van der Waals surface area contributed by atoms with Gasteiger partial charge < -0.3 is 18.9 Å². The van der Waals surface area contributed by atoms with E-state index in [-0.39, 0.29) is 6.79 Å². The smallest absolute Gasteiger partial charge is 0.188 e. The van der Waals surface area contributed by atoms with Crippen molar-refractivity contribution in [3.8, 4) is 11.5 Å². The number of hydrogen-bond donors (Lipinski definition) is 0. The van der Waals surface area contributed by atoms with Crippen molar-refractivity contribution in [2.45, 2.75) is 13.3 Å². The molecule has 0 spiro atoms. The van der Waals surface area contributed by atoms with Crippen molar-refractivity contribution in [1.82, 2.24) is 0 Å². The Balaban J connectivity index is 2.15. The molecule has 3 aromatic rings. The highest BCUT2D eigenvalue weighted by atomic mass is 16.7. The summed E-state index contributed by atoms with van der Waals surface area (Å²) in [5.41, 5.74) is 3.26. The summed E-state index contributed by atoms with van der Waals surface area (Å²) in [5, 5.41) is 2.30. The summed E-state index contributed by atoms with van der Waals surface area (Å²) >= 11 is 0. The van der Waals surface area contributed by atoms with Crippen LogP contribution in [0.2, 0.25) is 0 Å². The number of fused-ring (bicyclic) bond motifs is 1. The van der Waals surface area contributed by atoms with Crippen LogP contribution in [0.3, 0.4) is 0 Å². The van der Waals surface area contributed by atoms with Crippen LogP contribution >= 0.6 is 0 Å². The molecule has 0 amide bonds. The maximum Gasteiger partial charge on any atom is 0.188 e. The Labute approximate surface area is 172 Å². The first kappa shape index (κ1) is 20.9. The molecular formula is C25H28O4. The van der Waals surface area contributed by atoms with E-state index in [2.05, 4.69) is 42.5 Å². The van der Waals surface area contributed by atoms with Crippen molar-refractivity contribution in [3.05, 3.63) is 77.9 Å². The number of rotatable bonds is 10. The summed E-state index contributed by atoms with van der Waals surface area (Å²) in [6.45, 7) is 3.59. The first-order valence-corrected chi connectivity index (χ1v) is 9.84. The van der Waals surface area contributed by atoms with E-state index < -0.39 is 0 Å². The van der Waals surface area contributed by atoms with Gasteiger partial charge in [-0.3, -0.25) is 0 Å². The highest BCUT2D eigenvalue weighted by Gasteiger charge is 2.15. The van der Waals surface area contributed by atoms with Gasteiger partial charge in [-0.15, -0.1) is 0 Å². The van der Waals surface area contributed by atoms with Crippen molar-refractivity contribution < 1.29 is 18.9 Å². The third kappa shape index (κ3) is 5.17. The first-order valence-electron chi connectivity index (χ1n) is 9.84. The fourth-order valence-electron chi connectivity index (χ4n) is 3.34. The number of hydrogen-bond acceptors (Lipinski definition) is 4. The molecule has 0 bridgehead atoms. The maximum absolute atomic E-state index is 5.95. The zero-order chi connectivity index (χ0) is 20.5. The van der Waals surface area contributed by atoms with Crippen molar-refractivity contribution in [2.24, 2.45) is 0 Å². The molecule has 4 heteroatoms. The zero-order valence-corrected chi connectivity index (χ0v) is 17.3. The molecule has 0 aliphatic heterocycles. The molecule has 0 N–H and O–H groups in total. The van der Waals surface area contributed by atoms with Crippen molar-refractivity contribution >= 4 is 16.3 Å². The average molecular weight is 392 g/mol. The maximum atomic E-state index is 5.95. The molecule has 0 saturated heterocycles. The molecular weight excluding hydrogens is 364 g/mol. The molecule has 0 unspecified atom stereocenters. The van der Waals surface area contributed by atoms with E-state index in [4.69, 9.17) is 18.9 Å². The van der Waals surface area contributed by atoms with Gasteiger partial charge in [0.05, 0.1) is 13.7 Å². The van der Waals surface area contributed by atoms with E-state index in [0.29, 0.717) is 13.2 Å². The van der Waals surface area contributed by atoms with E-state index in [1.807, 2.05) is 31.2 Å². The SMILES string of the molecule is CCOCC/C=C(/c1ccc(OC)cc1)c1c(OCOC)ccc2ccccc12. The lowest BCUT2D eigenvalue weighted by molar-refractivity contribution is 0.0510. The van der Waals surface area contributed by atoms with Crippen LogP contribution in [0.25, 0.3) is 16.3 Å². The molecule has 4 nitrogen and oxygen atoms in total. The van der Waals surface area contributed by atoms with Crippen molar-refractivity contribution in [3.63, 3.8) is 0 Å². The number of ether oxygens (including phenoxy) is 4. The van der Waals surface area contributed by atoms with Crippen LogP contribution in [0.4, 0.5) is 0 Å². The van der Waals surface area contributed by atoms with Crippen LogP contribution in [-0.2, 0) is 9.47 Å². The number of methoxy groups -OCH3 is 2. The van der Waals surface area contributed by atoms with E-state index in [9.17, 15) is 0 Å². The summed E-state index contributed by atoms with van der Waals surface area (Å²) < 4.78 is 22.0. The van der Waals surface area contributed by atoms with Gasteiger partial charge in [0.15, 0.2) is 6.79 Å². The summed E-state index contributed by atoms with van der Waals surface area (Å²) in [5.74, 6) is 1.63. The Morgan fingerprint density at radius 3 is 2.45 bits per heavy atom. The lowest BCUT2D eigenvalue weighted by Gasteiger charge is -2.18. The largest absolute Gasteiger partial charge is 0.497 e. The fourth-order valence-corrected chi connectivity index (χ4v) is 3.34. The molecule has 3 aromatic carbocycles. The third-order valence-corrected chi connectivity index (χ3v) is 4.71. The minimum Gasteiger partial charge on any atom is -0.497 e. The Hall–Kier alpha value is -2.82. The summed E-state index contributed by atoms with van der Waals surface area (Å²) in [4.78, 5) is 0. The number of benzene rings is 3. The predicted molar refractivity (Wildman–Crippen MR) is 118 cm³/mol. The Bertz CT molecular complexity index is 945. The molecule has 0 aliphatic rings. The Morgan fingerprint density at radius 2 is 1.72 bits per heavy atom. The molecule has 0 aromatic heterocycles. The molecule has 0 aliphatic carbocycles. The molecule has 0 saturated carbocycles. The minimum absolute atomic E-state index is 0.195. The molecule has 29 heavy (non-hydrogen) atoms. The highest BCUT2D eigenvalue weighted by molar-refractivity contribution is 6.00. The van der Waals surface area contributed by atoms with Crippen LogP contribution in [0.5, 0.6) is 11.5 Å². The molecule has 0 atom stereocenters. The van der Waals surface area contributed by atoms with Gasteiger partial charge in [-0.05, 0) is 53.5 Å². The molecule has 0 radical (unpaired) electrons. The van der Waals surface area contributed by atoms with Gasteiger partial charge in [-0.25, -0.2) is 0 Å². The van der Waals surface area contributed by atoms with E-state index in [1.165, 1.54) is 0 Å². The van der Waals surface area contributed by atoms with Gasteiger partial charge in [0.25, 0.3) is 0 Å². The lowest BCUT2D eigenvalue weighted by atomic mass is 9.91. The molecule has 152 valence electrons. The minimum atomic E-state index is 0.195. The van der Waals surface area contributed by atoms with Gasteiger partial charge in [0.1, 0.15) is 11.5 Å². The first-order chi connectivity index (χ1) is 14.3. The molecule has 3 rings (SSSR count). The van der Waals surface area contributed by atoms with Crippen molar-refractivity contribution in [2.75, 3.05) is 34.2 Å². The molecule has 0 heterocycles. The van der Waals surface area contributed by atoms with E-state index in [0.717, 1.165) is 45.4 Å². The van der Waals surface area contributed by atoms with Crippen LogP contribution < -0.4 is 9.47 Å². The van der Waals surface area contributed by atoms with Gasteiger partial charge in [-0.2, -0.15) is 0 Å². The quantitative estimate of drug-likeness (QED) is 0.328. The van der Waals surface area contributed by atoms with Crippen LogP contribution in [0, 0.1) is 0 Å². The van der Waals surface area contributed by atoms with Crippen LogP contribution in [0.15, 0.2) is 66.7 Å².